The fourth-order valence-corrected chi connectivity index (χ4v) is 4.73. The van der Waals surface area contributed by atoms with Gasteiger partial charge in [-0.2, -0.15) is 0 Å². The molecule has 0 saturated carbocycles. The third kappa shape index (κ3) is 6.42. The largest absolute Gasteiger partial charge is 0.456 e. The number of carbonyl (C=O) groups is 1. The summed E-state index contributed by atoms with van der Waals surface area (Å²) >= 11 is 0. The summed E-state index contributed by atoms with van der Waals surface area (Å²) in [5.41, 5.74) is 4.16. The van der Waals surface area contributed by atoms with Gasteiger partial charge in [-0.1, -0.05) is 78.6 Å². The van der Waals surface area contributed by atoms with Gasteiger partial charge in [0.25, 0.3) is 5.56 Å². The van der Waals surface area contributed by atoms with Crippen molar-refractivity contribution in [2.45, 2.75) is 45.8 Å². The smallest absolute Gasteiger partial charge is 0.338 e. The Labute approximate surface area is 244 Å². The van der Waals surface area contributed by atoms with Gasteiger partial charge in [0.05, 0.1) is 22.5 Å². The third-order valence-electron chi connectivity index (χ3n) is 6.93. The molecule has 6 heteroatoms. The lowest BCUT2D eigenvalue weighted by atomic mass is 10.0. The number of esters is 1. The lowest BCUT2D eigenvalue weighted by Gasteiger charge is -2.20. The van der Waals surface area contributed by atoms with Crippen molar-refractivity contribution in [3.8, 4) is 23.0 Å². The molecule has 42 heavy (non-hydrogen) atoms. The van der Waals surface area contributed by atoms with Crippen LogP contribution >= 0.6 is 0 Å². The Morgan fingerprint density at radius 2 is 1.55 bits per heavy atom. The van der Waals surface area contributed by atoms with Crippen molar-refractivity contribution in [3.63, 3.8) is 0 Å². The maximum absolute atomic E-state index is 13.5. The number of hydrogen-bond acceptors (Lipinski definition) is 4. The zero-order valence-electron chi connectivity index (χ0n) is 24.1. The molecular formula is C36H32N2O4. The molecule has 210 valence electrons. The molecular weight excluding hydrogens is 524 g/mol. The SMILES string of the molecule is CC(c1ccc(C(=O)OC(C)(C)C)cc1)n1c(=O)[nH]c2ccc(C#CCc3ccc(-c4ccccc4)cc3)cc2c1=O. The molecule has 0 saturated heterocycles. The highest BCUT2D eigenvalue weighted by atomic mass is 16.6. The minimum absolute atomic E-state index is 0.380. The molecule has 0 fully saturated rings. The molecule has 1 atom stereocenters. The van der Waals surface area contributed by atoms with Crippen molar-refractivity contribution in [1.82, 2.24) is 9.55 Å². The number of nitrogens with zero attached hydrogens (tertiary/aromatic N) is 1. The van der Waals surface area contributed by atoms with Gasteiger partial charge >= 0.3 is 11.7 Å². The monoisotopic (exact) mass is 556 g/mol. The average Bonchev–Trinajstić information content (AvgIpc) is 2.97. The quantitative estimate of drug-likeness (QED) is 0.198. The number of aromatic amines is 1. The van der Waals surface area contributed by atoms with Crippen LogP contribution in [0.3, 0.4) is 0 Å². The van der Waals surface area contributed by atoms with Crippen molar-refractivity contribution >= 4 is 16.9 Å². The topological polar surface area (TPSA) is 81.2 Å². The predicted molar refractivity (Wildman–Crippen MR) is 167 cm³/mol. The van der Waals surface area contributed by atoms with E-state index in [4.69, 9.17) is 4.74 Å². The summed E-state index contributed by atoms with van der Waals surface area (Å²) in [4.78, 5) is 41.6. The summed E-state index contributed by atoms with van der Waals surface area (Å²) in [6.07, 6.45) is 0.569. The number of fused-ring (bicyclic) bond motifs is 1. The Hall–Kier alpha value is -5.15. The van der Waals surface area contributed by atoms with Crippen molar-refractivity contribution in [3.05, 3.63) is 140 Å². The Bertz CT molecular complexity index is 1920. The number of nitrogens with one attached hydrogen (secondary N) is 1. The maximum Gasteiger partial charge on any atom is 0.338 e. The van der Waals surface area contributed by atoms with Crippen LogP contribution in [0.1, 0.15) is 60.8 Å². The van der Waals surface area contributed by atoms with Gasteiger partial charge < -0.3 is 9.72 Å². The number of hydrogen-bond donors (Lipinski definition) is 1. The van der Waals surface area contributed by atoms with Gasteiger partial charge in [0.15, 0.2) is 0 Å². The van der Waals surface area contributed by atoms with E-state index in [1.807, 2.05) is 39.0 Å². The molecule has 6 nitrogen and oxygen atoms in total. The van der Waals surface area contributed by atoms with E-state index in [0.717, 1.165) is 11.1 Å². The number of benzene rings is 4. The fourth-order valence-electron chi connectivity index (χ4n) is 4.73. The van der Waals surface area contributed by atoms with Crippen molar-refractivity contribution < 1.29 is 9.53 Å². The highest BCUT2D eigenvalue weighted by Gasteiger charge is 2.19. The number of rotatable bonds is 5. The maximum atomic E-state index is 13.5. The number of ether oxygens (including phenoxy) is 1. The second-order valence-corrected chi connectivity index (χ2v) is 11.2. The second-order valence-electron chi connectivity index (χ2n) is 11.2. The molecule has 0 amide bonds. The predicted octanol–water partition coefficient (Wildman–Crippen LogP) is 6.52. The van der Waals surface area contributed by atoms with Gasteiger partial charge in [0.2, 0.25) is 0 Å². The van der Waals surface area contributed by atoms with Crippen LogP contribution in [0, 0.1) is 11.8 Å². The zero-order valence-corrected chi connectivity index (χ0v) is 24.1. The number of H-pyrrole nitrogens is 1. The highest BCUT2D eigenvalue weighted by Crippen LogP contribution is 2.20. The Morgan fingerprint density at radius 3 is 2.21 bits per heavy atom. The molecule has 0 spiro atoms. The van der Waals surface area contributed by atoms with Crippen LogP contribution in [0.2, 0.25) is 0 Å². The van der Waals surface area contributed by atoms with Crippen LogP contribution in [0.4, 0.5) is 0 Å². The lowest BCUT2D eigenvalue weighted by Crippen LogP contribution is -2.37. The number of aromatic nitrogens is 2. The Morgan fingerprint density at radius 1 is 0.881 bits per heavy atom. The summed E-state index contributed by atoms with van der Waals surface area (Å²) in [5, 5.41) is 0.380. The van der Waals surface area contributed by atoms with Gasteiger partial charge in [-0.3, -0.25) is 9.36 Å². The average molecular weight is 557 g/mol. The molecule has 0 bridgehead atoms. The normalized spacial score (nSPS) is 11.9. The highest BCUT2D eigenvalue weighted by molar-refractivity contribution is 5.89. The molecule has 5 rings (SSSR count). The van der Waals surface area contributed by atoms with Gasteiger partial charge in [-0.05, 0) is 80.3 Å². The van der Waals surface area contributed by atoms with Crippen LogP contribution < -0.4 is 11.2 Å². The van der Waals surface area contributed by atoms with Gasteiger partial charge in [-0.25, -0.2) is 9.59 Å². The van der Waals surface area contributed by atoms with Crippen LogP contribution in [0.25, 0.3) is 22.0 Å². The second kappa shape index (κ2) is 11.8. The summed E-state index contributed by atoms with van der Waals surface area (Å²) in [6, 6.07) is 29.9. The molecule has 0 aliphatic rings. The van der Waals surface area contributed by atoms with Crippen LogP contribution in [-0.2, 0) is 11.2 Å². The van der Waals surface area contributed by atoms with E-state index in [-0.39, 0.29) is 0 Å². The van der Waals surface area contributed by atoms with Gasteiger partial charge in [0.1, 0.15) is 5.60 Å². The van der Waals surface area contributed by atoms with Gasteiger partial charge in [-0.15, -0.1) is 0 Å². The minimum Gasteiger partial charge on any atom is -0.456 e. The van der Waals surface area contributed by atoms with Crippen molar-refractivity contribution in [1.29, 1.82) is 0 Å². The van der Waals surface area contributed by atoms with E-state index in [1.165, 1.54) is 10.1 Å². The molecule has 4 aromatic carbocycles. The summed E-state index contributed by atoms with van der Waals surface area (Å²) < 4.78 is 6.61. The summed E-state index contributed by atoms with van der Waals surface area (Å²) in [5.74, 6) is 5.92. The Balaban J connectivity index is 1.36. The lowest BCUT2D eigenvalue weighted by molar-refractivity contribution is 0.00695. The fraction of sp³-hybridized carbons (Fsp3) is 0.194. The molecule has 1 heterocycles. The van der Waals surface area contributed by atoms with E-state index in [0.29, 0.717) is 34.0 Å². The third-order valence-corrected chi connectivity index (χ3v) is 6.93. The summed E-state index contributed by atoms with van der Waals surface area (Å²) in [6.45, 7) is 7.20. The first-order valence-electron chi connectivity index (χ1n) is 13.8. The van der Waals surface area contributed by atoms with Gasteiger partial charge in [0, 0.05) is 12.0 Å². The van der Waals surface area contributed by atoms with E-state index < -0.39 is 28.9 Å². The zero-order chi connectivity index (χ0) is 29.9. The minimum atomic E-state index is -0.605. The molecule has 0 aliphatic heterocycles. The van der Waals surface area contributed by atoms with E-state index in [1.54, 1.807) is 49.4 Å². The molecule has 1 unspecified atom stereocenters. The number of carbonyl (C=O) groups excluding carboxylic acids is 1. The van der Waals surface area contributed by atoms with Crippen molar-refractivity contribution in [2.24, 2.45) is 0 Å². The summed E-state index contributed by atoms with van der Waals surface area (Å²) in [7, 11) is 0. The standard InChI is InChI=1S/C36H32N2O4/c1-24(27-18-20-30(21-19-27)34(40)42-36(2,3)4)38-33(39)31-23-26(15-22-32(31)37-35(38)41)10-8-9-25-13-16-29(17-14-25)28-11-6-5-7-12-28/h5-7,11-24H,9H2,1-4H3,(H,37,41). The molecule has 5 aromatic rings. The van der Waals surface area contributed by atoms with Crippen LogP contribution in [0.15, 0.2) is 107 Å². The Kier molecular flexibility index (Phi) is 7.95. The first-order valence-corrected chi connectivity index (χ1v) is 13.8. The van der Waals surface area contributed by atoms with Crippen molar-refractivity contribution in [2.75, 3.05) is 0 Å². The molecule has 0 aliphatic carbocycles. The van der Waals surface area contributed by atoms with E-state index in [9.17, 15) is 14.4 Å². The molecule has 0 radical (unpaired) electrons. The first kappa shape index (κ1) is 28.4. The van der Waals surface area contributed by atoms with Crippen LogP contribution in [0.5, 0.6) is 0 Å². The first-order chi connectivity index (χ1) is 20.1. The molecule has 1 N–H and O–H groups in total. The molecule has 1 aromatic heterocycles. The van der Waals surface area contributed by atoms with E-state index >= 15 is 0 Å². The van der Waals surface area contributed by atoms with Crippen LogP contribution in [-0.4, -0.2) is 21.1 Å². The van der Waals surface area contributed by atoms with E-state index in [2.05, 4.69) is 53.2 Å².